The molecule has 1 aliphatic heterocycles. The molecule has 0 saturated heterocycles. The quantitative estimate of drug-likeness (QED) is 0.422. The van der Waals surface area contributed by atoms with E-state index >= 15 is 0 Å². The maximum absolute atomic E-state index is 12.5. The van der Waals surface area contributed by atoms with E-state index in [-0.39, 0.29) is 19.4 Å². The number of aryl methyl sites for hydroxylation is 2. The summed E-state index contributed by atoms with van der Waals surface area (Å²) in [6.45, 7) is 2.07. The van der Waals surface area contributed by atoms with Crippen LogP contribution < -0.4 is 0 Å². The molecule has 0 aromatic heterocycles. The molecule has 6 nitrogen and oxygen atoms in total. The highest BCUT2D eigenvalue weighted by molar-refractivity contribution is 6.21. The van der Waals surface area contributed by atoms with Gasteiger partial charge in [0.05, 0.1) is 23.1 Å². The number of aliphatic hydroxyl groups is 1. The Balaban J connectivity index is 1.33. The fraction of sp³-hybridized carbons (Fsp3) is 0.276. The highest BCUT2D eigenvalue weighted by Gasteiger charge is 2.36. The zero-order valence-corrected chi connectivity index (χ0v) is 19.7. The average molecular weight is 472 g/mol. The van der Waals surface area contributed by atoms with Crippen molar-refractivity contribution in [3.63, 3.8) is 0 Å². The zero-order chi connectivity index (χ0) is 24.9. The molecule has 2 atom stereocenters. The van der Waals surface area contributed by atoms with Crippen LogP contribution in [-0.2, 0) is 17.6 Å². The zero-order valence-electron chi connectivity index (χ0n) is 19.7. The molecule has 0 fully saturated rings. The first-order chi connectivity index (χ1) is 16.9. The highest BCUT2D eigenvalue weighted by Crippen LogP contribution is 2.25. The number of aliphatic carboxylic acids is 1. The molecule has 1 aliphatic rings. The van der Waals surface area contributed by atoms with Crippen LogP contribution in [0.3, 0.4) is 0 Å². The molecular weight excluding hydrogens is 442 g/mol. The smallest absolute Gasteiger partial charge is 0.309 e. The predicted molar refractivity (Wildman–Crippen MR) is 133 cm³/mol. The van der Waals surface area contributed by atoms with Crippen LogP contribution in [0.25, 0.3) is 11.1 Å². The lowest BCUT2D eigenvalue weighted by atomic mass is 9.93. The molecule has 0 saturated carbocycles. The third-order valence-corrected chi connectivity index (χ3v) is 6.70. The SMILES string of the molecule is CCc1ccc(-c2ccc(CCC(O)C(CCN3C(=O)c4ccccc4C3=O)C(=O)O)cc2)cc1. The molecule has 6 heteroatoms. The number of carboxylic acid groups (broad SMARTS) is 1. The molecule has 3 aromatic rings. The van der Waals surface area contributed by atoms with Crippen molar-refractivity contribution in [3.05, 3.63) is 95.1 Å². The van der Waals surface area contributed by atoms with Gasteiger partial charge in [-0.25, -0.2) is 0 Å². The number of imide groups is 1. The van der Waals surface area contributed by atoms with E-state index in [1.807, 2.05) is 24.3 Å². The highest BCUT2D eigenvalue weighted by atomic mass is 16.4. The number of rotatable bonds is 10. The van der Waals surface area contributed by atoms with Crippen molar-refractivity contribution in [1.82, 2.24) is 4.90 Å². The van der Waals surface area contributed by atoms with Gasteiger partial charge < -0.3 is 10.2 Å². The summed E-state index contributed by atoms with van der Waals surface area (Å²) in [5.74, 6) is -3.06. The molecule has 35 heavy (non-hydrogen) atoms. The van der Waals surface area contributed by atoms with Gasteiger partial charge in [0.15, 0.2) is 0 Å². The summed E-state index contributed by atoms with van der Waals surface area (Å²) in [6, 6.07) is 23.0. The third kappa shape index (κ3) is 5.33. The number of carboxylic acids is 1. The van der Waals surface area contributed by atoms with Gasteiger partial charge in [-0.05, 0) is 60.1 Å². The van der Waals surface area contributed by atoms with Crippen molar-refractivity contribution >= 4 is 17.8 Å². The average Bonchev–Trinajstić information content (AvgIpc) is 3.12. The van der Waals surface area contributed by atoms with E-state index in [2.05, 4.69) is 31.2 Å². The predicted octanol–water partition coefficient (Wildman–Crippen LogP) is 4.60. The topological polar surface area (TPSA) is 94.9 Å². The van der Waals surface area contributed by atoms with E-state index in [4.69, 9.17) is 0 Å². The molecule has 180 valence electrons. The van der Waals surface area contributed by atoms with Gasteiger partial charge in [0.1, 0.15) is 0 Å². The molecule has 0 bridgehead atoms. The third-order valence-electron chi connectivity index (χ3n) is 6.70. The number of hydrogen-bond donors (Lipinski definition) is 2. The Kier molecular flexibility index (Phi) is 7.42. The van der Waals surface area contributed by atoms with Crippen molar-refractivity contribution < 1.29 is 24.6 Å². The monoisotopic (exact) mass is 471 g/mol. The summed E-state index contributed by atoms with van der Waals surface area (Å²) in [5.41, 5.74) is 5.18. The first-order valence-electron chi connectivity index (χ1n) is 11.9. The normalized spacial score (nSPS) is 14.6. The van der Waals surface area contributed by atoms with Gasteiger partial charge in [-0.1, -0.05) is 67.6 Å². The molecular formula is C29H29NO5. The van der Waals surface area contributed by atoms with Crippen LogP contribution in [0, 0.1) is 5.92 Å². The standard InChI is InChI=1S/C29H29NO5/c1-2-19-7-12-21(13-8-19)22-14-9-20(10-15-22)11-16-26(31)25(29(34)35)17-18-30-27(32)23-5-3-4-6-24(23)28(30)33/h3-10,12-15,25-26,31H,2,11,16-18H2,1H3,(H,34,35). The summed E-state index contributed by atoms with van der Waals surface area (Å²) >= 11 is 0. The number of carbonyl (C=O) groups excluding carboxylic acids is 2. The lowest BCUT2D eigenvalue weighted by molar-refractivity contribution is -0.146. The van der Waals surface area contributed by atoms with Crippen molar-refractivity contribution in [2.45, 2.75) is 38.7 Å². The van der Waals surface area contributed by atoms with Gasteiger partial charge in [-0.15, -0.1) is 0 Å². The van der Waals surface area contributed by atoms with Crippen LogP contribution in [0.15, 0.2) is 72.8 Å². The fourth-order valence-electron chi connectivity index (χ4n) is 4.50. The van der Waals surface area contributed by atoms with E-state index in [1.165, 1.54) is 5.56 Å². The molecule has 0 aliphatic carbocycles. The Labute approximate surface area is 204 Å². The minimum absolute atomic E-state index is 0.00530. The van der Waals surface area contributed by atoms with E-state index < -0.39 is 29.8 Å². The van der Waals surface area contributed by atoms with Crippen LogP contribution in [0.4, 0.5) is 0 Å². The first-order valence-corrected chi connectivity index (χ1v) is 11.9. The van der Waals surface area contributed by atoms with Crippen molar-refractivity contribution in [3.8, 4) is 11.1 Å². The lowest BCUT2D eigenvalue weighted by Gasteiger charge is -2.22. The van der Waals surface area contributed by atoms with E-state index in [1.54, 1.807) is 24.3 Å². The van der Waals surface area contributed by atoms with Gasteiger partial charge in [0.2, 0.25) is 0 Å². The molecule has 2 unspecified atom stereocenters. The summed E-state index contributed by atoms with van der Waals surface area (Å²) in [5, 5.41) is 20.3. The lowest BCUT2D eigenvalue weighted by Crippen LogP contribution is -2.36. The Bertz CT molecular complexity index is 1180. The largest absolute Gasteiger partial charge is 0.481 e. The van der Waals surface area contributed by atoms with Gasteiger partial charge in [-0.3, -0.25) is 19.3 Å². The summed E-state index contributed by atoms with van der Waals surface area (Å²) in [6.07, 6.45) is 0.687. The van der Waals surface area contributed by atoms with Crippen LogP contribution in [-0.4, -0.2) is 45.5 Å². The molecule has 2 N–H and O–H groups in total. The molecule has 3 aromatic carbocycles. The maximum Gasteiger partial charge on any atom is 0.309 e. The van der Waals surface area contributed by atoms with Crippen LogP contribution >= 0.6 is 0 Å². The van der Waals surface area contributed by atoms with E-state index in [0.717, 1.165) is 28.0 Å². The van der Waals surface area contributed by atoms with Crippen molar-refractivity contribution in [2.75, 3.05) is 6.54 Å². The fourth-order valence-corrected chi connectivity index (χ4v) is 4.50. The van der Waals surface area contributed by atoms with E-state index in [0.29, 0.717) is 17.5 Å². The minimum atomic E-state index is -1.14. The van der Waals surface area contributed by atoms with Crippen molar-refractivity contribution in [2.24, 2.45) is 5.92 Å². The summed E-state index contributed by atoms with van der Waals surface area (Å²) in [4.78, 5) is 38.0. The minimum Gasteiger partial charge on any atom is -0.481 e. The van der Waals surface area contributed by atoms with Gasteiger partial charge in [0.25, 0.3) is 11.8 Å². The number of hydrogen-bond acceptors (Lipinski definition) is 4. The Morgan fingerprint density at radius 2 is 1.31 bits per heavy atom. The number of benzene rings is 3. The van der Waals surface area contributed by atoms with E-state index in [9.17, 15) is 24.6 Å². The number of amides is 2. The number of aliphatic hydroxyl groups excluding tert-OH is 1. The Morgan fingerprint density at radius 3 is 1.80 bits per heavy atom. The van der Waals surface area contributed by atoms with Gasteiger partial charge in [-0.2, -0.15) is 0 Å². The summed E-state index contributed by atoms with van der Waals surface area (Å²) < 4.78 is 0. The Morgan fingerprint density at radius 1 is 0.800 bits per heavy atom. The second-order valence-corrected chi connectivity index (χ2v) is 8.89. The van der Waals surface area contributed by atoms with Crippen molar-refractivity contribution in [1.29, 1.82) is 0 Å². The number of nitrogens with zero attached hydrogens (tertiary/aromatic N) is 1. The number of fused-ring (bicyclic) bond motifs is 1. The second kappa shape index (κ2) is 10.7. The van der Waals surface area contributed by atoms with Gasteiger partial charge >= 0.3 is 5.97 Å². The molecule has 0 radical (unpaired) electrons. The van der Waals surface area contributed by atoms with Crippen LogP contribution in [0.5, 0.6) is 0 Å². The number of carbonyl (C=O) groups is 3. The molecule has 0 spiro atoms. The van der Waals surface area contributed by atoms with Gasteiger partial charge in [0, 0.05) is 6.54 Å². The Hall–Kier alpha value is -3.77. The molecule has 4 rings (SSSR count). The first kappa shape index (κ1) is 24.4. The second-order valence-electron chi connectivity index (χ2n) is 8.89. The summed E-state index contributed by atoms with van der Waals surface area (Å²) in [7, 11) is 0. The molecule has 1 heterocycles. The molecule has 2 amide bonds. The van der Waals surface area contributed by atoms with Crippen LogP contribution in [0.1, 0.15) is 51.6 Å². The van der Waals surface area contributed by atoms with Crippen LogP contribution in [0.2, 0.25) is 0 Å². The maximum atomic E-state index is 12.5.